The van der Waals surface area contributed by atoms with Gasteiger partial charge in [0.15, 0.2) is 5.43 Å². The summed E-state index contributed by atoms with van der Waals surface area (Å²) in [6.07, 6.45) is 1.56. The lowest BCUT2D eigenvalue weighted by molar-refractivity contribution is 0.141. The van der Waals surface area contributed by atoms with Crippen molar-refractivity contribution in [3.8, 4) is 11.4 Å². The number of pyridine rings is 3. The zero-order valence-corrected chi connectivity index (χ0v) is 16.4. The van der Waals surface area contributed by atoms with Crippen LogP contribution in [-0.2, 0) is 11.3 Å². The molecular formula is C22H24N4O2. The summed E-state index contributed by atoms with van der Waals surface area (Å²) in [5.41, 5.74) is 5.77. The molecule has 1 N–H and O–H groups in total. The maximum absolute atomic E-state index is 11.7. The van der Waals surface area contributed by atoms with E-state index >= 15 is 0 Å². The largest absolute Gasteiger partial charge is 0.396 e. The van der Waals surface area contributed by atoms with Crippen LogP contribution in [0.1, 0.15) is 36.1 Å². The molecule has 0 aliphatic carbocycles. The quantitative estimate of drug-likeness (QED) is 0.386. The summed E-state index contributed by atoms with van der Waals surface area (Å²) >= 11 is 0. The molecule has 0 aromatic carbocycles. The van der Waals surface area contributed by atoms with Crippen LogP contribution in [-0.4, -0.2) is 27.3 Å². The Kier molecular flexibility index (Phi) is 6.32. The first-order valence-corrected chi connectivity index (χ1v) is 9.29. The van der Waals surface area contributed by atoms with Gasteiger partial charge in [0, 0.05) is 29.2 Å². The summed E-state index contributed by atoms with van der Waals surface area (Å²) in [5.74, 6) is 0. The van der Waals surface area contributed by atoms with E-state index < -0.39 is 0 Å². The number of H-pyrrole nitrogens is 1. The zero-order chi connectivity index (χ0) is 19.9. The minimum Gasteiger partial charge on any atom is -0.396 e. The Labute approximate surface area is 164 Å². The summed E-state index contributed by atoms with van der Waals surface area (Å²) < 4.78 is 0. The molecule has 0 radical (unpaired) electrons. The van der Waals surface area contributed by atoms with Gasteiger partial charge in [-0.1, -0.05) is 17.3 Å². The Bertz CT molecular complexity index is 1040. The second-order valence-corrected chi connectivity index (χ2v) is 6.70. The van der Waals surface area contributed by atoms with Gasteiger partial charge in [-0.2, -0.15) is 0 Å². The topological polar surface area (TPSA) is 80.2 Å². The number of nitrogens with one attached hydrogen (secondary N) is 1. The van der Waals surface area contributed by atoms with Crippen LogP contribution >= 0.6 is 0 Å². The molecule has 0 unspecified atom stereocenters. The van der Waals surface area contributed by atoms with Gasteiger partial charge in [0.05, 0.1) is 17.1 Å². The molecule has 0 bridgehead atoms. The van der Waals surface area contributed by atoms with E-state index in [4.69, 9.17) is 4.84 Å². The van der Waals surface area contributed by atoms with Gasteiger partial charge in [0.25, 0.3) is 0 Å². The van der Waals surface area contributed by atoms with Crippen LogP contribution < -0.4 is 5.43 Å². The van der Waals surface area contributed by atoms with Crippen LogP contribution in [0.4, 0.5) is 0 Å². The molecule has 3 rings (SSSR count). The second-order valence-electron chi connectivity index (χ2n) is 6.70. The summed E-state index contributed by atoms with van der Waals surface area (Å²) in [4.78, 5) is 29.4. The fourth-order valence-electron chi connectivity index (χ4n) is 2.84. The van der Waals surface area contributed by atoms with E-state index in [0.717, 1.165) is 52.7 Å². The molecule has 3 aromatic rings. The van der Waals surface area contributed by atoms with Crippen molar-refractivity contribution in [1.29, 1.82) is 0 Å². The summed E-state index contributed by atoms with van der Waals surface area (Å²) in [7, 11) is 0. The van der Waals surface area contributed by atoms with E-state index in [2.05, 4.69) is 20.1 Å². The molecule has 6 heteroatoms. The Balaban J connectivity index is 1.55. The molecule has 0 atom stereocenters. The summed E-state index contributed by atoms with van der Waals surface area (Å²) in [5, 5.41) is 4.15. The third-order valence-electron chi connectivity index (χ3n) is 4.19. The van der Waals surface area contributed by atoms with Crippen LogP contribution in [0.3, 0.4) is 0 Å². The molecule has 0 saturated carbocycles. The van der Waals surface area contributed by atoms with Gasteiger partial charge in [-0.3, -0.25) is 14.8 Å². The van der Waals surface area contributed by atoms with Gasteiger partial charge in [0.2, 0.25) is 0 Å². The van der Waals surface area contributed by atoms with E-state index in [0.29, 0.717) is 6.61 Å². The highest BCUT2D eigenvalue weighted by Crippen LogP contribution is 2.14. The predicted molar refractivity (Wildman–Crippen MR) is 110 cm³/mol. The van der Waals surface area contributed by atoms with Crippen LogP contribution in [0.2, 0.25) is 0 Å². The fourth-order valence-corrected chi connectivity index (χ4v) is 2.84. The molecule has 0 saturated heterocycles. The van der Waals surface area contributed by atoms with E-state index in [1.807, 2.05) is 57.2 Å². The Hall–Kier alpha value is -3.28. The molecule has 3 aromatic heterocycles. The average molecular weight is 376 g/mol. The highest BCUT2D eigenvalue weighted by atomic mass is 16.6. The number of nitrogens with zero attached hydrogens (tertiary/aromatic N) is 3. The van der Waals surface area contributed by atoms with Crippen molar-refractivity contribution < 1.29 is 4.84 Å². The van der Waals surface area contributed by atoms with Crippen molar-refractivity contribution in [1.82, 2.24) is 15.0 Å². The lowest BCUT2D eigenvalue weighted by Gasteiger charge is -2.06. The predicted octanol–water partition coefficient (Wildman–Crippen LogP) is 3.82. The highest BCUT2D eigenvalue weighted by Gasteiger charge is 2.04. The first kappa shape index (κ1) is 19.5. The normalized spacial score (nSPS) is 11.5. The SMILES string of the molecule is CC(=NOCCCc1cccc(-c2cc(=O)cc(C)[nH]2)n1)c1cccc(C)n1. The van der Waals surface area contributed by atoms with Crippen LogP contribution in [0.5, 0.6) is 0 Å². The molecule has 3 heterocycles. The maximum Gasteiger partial charge on any atom is 0.182 e. The fraction of sp³-hybridized carbons (Fsp3) is 0.273. The first-order chi connectivity index (χ1) is 13.5. The lowest BCUT2D eigenvalue weighted by atomic mass is 10.2. The van der Waals surface area contributed by atoms with Crippen molar-refractivity contribution in [3.63, 3.8) is 0 Å². The number of hydrogen-bond donors (Lipinski definition) is 1. The molecule has 6 nitrogen and oxygen atoms in total. The highest BCUT2D eigenvalue weighted by molar-refractivity contribution is 5.96. The van der Waals surface area contributed by atoms with Crippen LogP contribution in [0, 0.1) is 13.8 Å². The van der Waals surface area contributed by atoms with Gasteiger partial charge in [-0.05, 0) is 57.9 Å². The molecule has 28 heavy (non-hydrogen) atoms. The van der Waals surface area contributed by atoms with E-state index in [1.54, 1.807) is 12.1 Å². The molecule has 144 valence electrons. The molecule has 0 aliphatic heterocycles. The first-order valence-electron chi connectivity index (χ1n) is 9.29. The number of rotatable bonds is 7. The number of aromatic amines is 1. The van der Waals surface area contributed by atoms with Gasteiger partial charge >= 0.3 is 0 Å². The van der Waals surface area contributed by atoms with Gasteiger partial charge in [0.1, 0.15) is 12.3 Å². The Morgan fingerprint density at radius 2 is 1.93 bits per heavy atom. The lowest BCUT2D eigenvalue weighted by Crippen LogP contribution is -2.04. The minimum absolute atomic E-state index is 0.0248. The third kappa shape index (κ3) is 5.36. The van der Waals surface area contributed by atoms with E-state index in [1.165, 1.54) is 0 Å². The van der Waals surface area contributed by atoms with Crippen molar-refractivity contribution >= 4 is 5.71 Å². The van der Waals surface area contributed by atoms with E-state index in [9.17, 15) is 4.79 Å². The molecular weight excluding hydrogens is 352 g/mol. The van der Waals surface area contributed by atoms with Gasteiger partial charge in [-0.25, -0.2) is 0 Å². The maximum atomic E-state index is 11.7. The monoisotopic (exact) mass is 376 g/mol. The number of oxime groups is 1. The van der Waals surface area contributed by atoms with Crippen LogP contribution in [0.15, 0.2) is 58.5 Å². The number of aromatic nitrogens is 3. The summed E-state index contributed by atoms with van der Waals surface area (Å²) in [6, 6.07) is 14.8. The molecule has 0 spiro atoms. The van der Waals surface area contributed by atoms with E-state index in [-0.39, 0.29) is 5.43 Å². The van der Waals surface area contributed by atoms with Crippen molar-refractivity contribution in [2.24, 2.45) is 5.16 Å². The number of aryl methyl sites for hydroxylation is 3. The Morgan fingerprint density at radius 1 is 1.11 bits per heavy atom. The van der Waals surface area contributed by atoms with Gasteiger partial charge in [-0.15, -0.1) is 0 Å². The average Bonchev–Trinajstić information content (AvgIpc) is 2.67. The summed E-state index contributed by atoms with van der Waals surface area (Å²) in [6.45, 7) is 6.19. The molecule has 0 aliphatic rings. The standard InChI is InChI=1S/C22H24N4O2/c1-15-7-4-10-20(23-15)17(3)26-28-12-6-9-18-8-5-11-21(25-18)22-14-19(27)13-16(2)24-22/h4-5,7-8,10-11,13-14H,6,9,12H2,1-3H3,(H,24,27). The zero-order valence-electron chi connectivity index (χ0n) is 16.4. The Morgan fingerprint density at radius 3 is 2.71 bits per heavy atom. The smallest absolute Gasteiger partial charge is 0.182 e. The van der Waals surface area contributed by atoms with Crippen molar-refractivity contribution in [2.45, 2.75) is 33.6 Å². The third-order valence-corrected chi connectivity index (χ3v) is 4.19. The molecule has 0 fully saturated rings. The van der Waals surface area contributed by atoms with Gasteiger partial charge < -0.3 is 9.82 Å². The van der Waals surface area contributed by atoms with Crippen LogP contribution in [0.25, 0.3) is 11.4 Å². The molecule has 0 amide bonds. The van der Waals surface area contributed by atoms with Crippen molar-refractivity contribution in [3.05, 3.63) is 81.5 Å². The van der Waals surface area contributed by atoms with Crippen molar-refractivity contribution in [2.75, 3.05) is 6.61 Å². The number of hydrogen-bond acceptors (Lipinski definition) is 5. The minimum atomic E-state index is -0.0248. The second kappa shape index (κ2) is 9.08.